The number of carbonyl (C=O) groups is 1. The van der Waals surface area contributed by atoms with Gasteiger partial charge in [0.05, 0.1) is 11.4 Å². The molecule has 3 heterocycles. The topological polar surface area (TPSA) is 74.7 Å². The number of aromatic nitrogens is 1. The molecule has 3 unspecified atom stereocenters. The van der Waals surface area contributed by atoms with E-state index in [0.717, 1.165) is 19.5 Å². The molecule has 1 aromatic carbocycles. The van der Waals surface area contributed by atoms with Crippen molar-refractivity contribution >= 4 is 21.6 Å². The summed E-state index contributed by atoms with van der Waals surface area (Å²) in [5.41, 5.74) is 1.83. The molecule has 2 aliphatic rings. The lowest BCUT2D eigenvalue weighted by atomic mass is 9.94. The molecule has 0 spiro atoms. The highest BCUT2D eigenvalue weighted by molar-refractivity contribution is 7.89. The van der Waals surface area contributed by atoms with Gasteiger partial charge in [0, 0.05) is 49.8 Å². The number of nitrogens with one attached hydrogen (secondary N) is 1. The number of piperidine rings is 1. The van der Waals surface area contributed by atoms with Gasteiger partial charge < -0.3 is 9.88 Å². The third-order valence-corrected chi connectivity index (χ3v) is 8.27. The Morgan fingerprint density at radius 1 is 1.03 bits per heavy atom. The van der Waals surface area contributed by atoms with Crippen LogP contribution in [0.25, 0.3) is 0 Å². The Hall–Kier alpha value is -2.16. The Bertz CT molecular complexity index is 1020. The summed E-state index contributed by atoms with van der Waals surface area (Å²) in [6.07, 6.45) is 3.13. The minimum absolute atomic E-state index is 0.0962. The summed E-state index contributed by atoms with van der Waals surface area (Å²) < 4.78 is 29.9. The minimum Gasteiger partial charge on any atom is -0.349 e. The first-order valence-electron chi connectivity index (χ1n) is 11.0. The number of fused-ring (bicyclic) bond motifs is 1. The van der Waals surface area contributed by atoms with E-state index in [0.29, 0.717) is 37.2 Å². The summed E-state index contributed by atoms with van der Waals surface area (Å²) >= 11 is 0. The maximum Gasteiger partial charge on any atom is 0.243 e. The average Bonchev–Trinajstić information content (AvgIpc) is 3.19. The van der Waals surface area contributed by atoms with E-state index in [1.54, 1.807) is 28.6 Å². The van der Waals surface area contributed by atoms with E-state index < -0.39 is 10.0 Å². The van der Waals surface area contributed by atoms with Crippen molar-refractivity contribution in [3.63, 3.8) is 0 Å². The van der Waals surface area contributed by atoms with Gasteiger partial charge in [0.15, 0.2) is 0 Å². The van der Waals surface area contributed by atoms with Gasteiger partial charge in [0.2, 0.25) is 15.9 Å². The van der Waals surface area contributed by atoms with Gasteiger partial charge in [0.25, 0.3) is 0 Å². The van der Waals surface area contributed by atoms with E-state index in [4.69, 9.17) is 0 Å². The monoisotopic (exact) mass is 444 g/mol. The SMILES string of the molecule is CC1CC(C)CN(S(=O)(=O)c2ccc(NC(=O)CN3CCn4cccc4C3C)cc2)C1. The van der Waals surface area contributed by atoms with Crippen LogP contribution in [0.2, 0.25) is 0 Å². The van der Waals surface area contributed by atoms with Crippen LogP contribution in [0.15, 0.2) is 47.5 Å². The van der Waals surface area contributed by atoms with E-state index in [1.807, 2.05) is 6.07 Å². The minimum atomic E-state index is -3.52. The molecule has 168 valence electrons. The highest BCUT2D eigenvalue weighted by Crippen LogP contribution is 2.28. The van der Waals surface area contributed by atoms with Crippen LogP contribution in [0.1, 0.15) is 38.9 Å². The third kappa shape index (κ3) is 4.71. The lowest BCUT2D eigenvalue weighted by molar-refractivity contribution is -0.118. The molecule has 2 aromatic rings. The quantitative estimate of drug-likeness (QED) is 0.769. The lowest BCUT2D eigenvalue weighted by Crippen LogP contribution is -2.42. The van der Waals surface area contributed by atoms with Crippen molar-refractivity contribution < 1.29 is 13.2 Å². The molecule has 3 atom stereocenters. The molecule has 0 bridgehead atoms. The molecule has 7 nitrogen and oxygen atoms in total. The molecule has 0 saturated carbocycles. The van der Waals surface area contributed by atoms with E-state index in [9.17, 15) is 13.2 Å². The predicted molar refractivity (Wildman–Crippen MR) is 121 cm³/mol. The standard InChI is InChI=1S/C23H32N4O3S/c1-17-13-18(2)15-27(14-17)31(29,30)21-8-6-20(7-9-21)24-23(28)16-26-12-11-25-10-4-5-22(25)19(26)3/h4-10,17-19H,11-16H2,1-3H3,(H,24,28). The number of amides is 1. The van der Waals surface area contributed by atoms with Crippen LogP contribution in [0, 0.1) is 11.8 Å². The number of benzene rings is 1. The molecule has 1 amide bonds. The maximum absolute atomic E-state index is 13.0. The molecule has 4 rings (SSSR count). The Balaban J connectivity index is 1.38. The highest BCUT2D eigenvalue weighted by Gasteiger charge is 2.31. The summed E-state index contributed by atoms with van der Waals surface area (Å²) in [7, 11) is -3.52. The van der Waals surface area contributed by atoms with Gasteiger partial charge in [-0.1, -0.05) is 13.8 Å². The molecular formula is C23H32N4O3S. The molecule has 0 aliphatic carbocycles. The summed E-state index contributed by atoms with van der Waals surface area (Å²) in [5.74, 6) is 0.621. The van der Waals surface area contributed by atoms with Crippen LogP contribution >= 0.6 is 0 Å². The Labute approximate surface area is 185 Å². The summed E-state index contributed by atoms with van der Waals surface area (Å²) in [4.78, 5) is 15.0. The first kappa shape index (κ1) is 22.0. The molecule has 8 heteroatoms. The molecular weight excluding hydrogens is 412 g/mol. The molecule has 2 aliphatic heterocycles. The lowest BCUT2D eigenvalue weighted by Gasteiger charge is -2.34. The van der Waals surface area contributed by atoms with Crippen molar-refractivity contribution in [3.8, 4) is 0 Å². The van der Waals surface area contributed by atoms with Gasteiger partial charge in [0.1, 0.15) is 0 Å². The van der Waals surface area contributed by atoms with Crippen LogP contribution < -0.4 is 5.32 Å². The van der Waals surface area contributed by atoms with Crippen LogP contribution in [0.3, 0.4) is 0 Å². The number of anilines is 1. The van der Waals surface area contributed by atoms with E-state index >= 15 is 0 Å². The molecule has 31 heavy (non-hydrogen) atoms. The second-order valence-electron chi connectivity index (χ2n) is 9.11. The molecule has 1 saturated heterocycles. The second kappa shape index (κ2) is 8.76. The zero-order chi connectivity index (χ0) is 22.2. The fraction of sp³-hybridized carbons (Fsp3) is 0.522. The van der Waals surface area contributed by atoms with Crippen LogP contribution in [0.5, 0.6) is 0 Å². The van der Waals surface area contributed by atoms with Gasteiger partial charge in [-0.25, -0.2) is 8.42 Å². The Morgan fingerprint density at radius 3 is 2.39 bits per heavy atom. The number of nitrogens with zero attached hydrogens (tertiary/aromatic N) is 3. The molecule has 1 N–H and O–H groups in total. The van der Waals surface area contributed by atoms with Crippen molar-refractivity contribution in [1.82, 2.24) is 13.8 Å². The predicted octanol–water partition coefficient (Wildman–Crippen LogP) is 3.17. The van der Waals surface area contributed by atoms with Gasteiger partial charge in [-0.3, -0.25) is 9.69 Å². The average molecular weight is 445 g/mol. The van der Waals surface area contributed by atoms with Gasteiger partial charge in [-0.15, -0.1) is 0 Å². The van der Waals surface area contributed by atoms with Gasteiger partial charge in [-0.05, 0) is 61.6 Å². The smallest absolute Gasteiger partial charge is 0.243 e. The zero-order valence-electron chi connectivity index (χ0n) is 18.5. The second-order valence-corrected chi connectivity index (χ2v) is 11.1. The Kier molecular flexibility index (Phi) is 6.23. The number of hydrogen-bond donors (Lipinski definition) is 1. The summed E-state index contributed by atoms with van der Waals surface area (Å²) in [6.45, 7) is 9.41. The first-order valence-corrected chi connectivity index (χ1v) is 12.5. The van der Waals surface area contributed by atoms with Crippen LogP contribution in [-0.2, 0) is 21.4 Å². The van der Waals surface area contributed by atoms with Crippen molar-refractivity contribution in [1.29, 1.82) is 0 Å². The fourth-order valence-electron chi connectivity index (χ4n) is 4.89. The largest absolute Gasteiger partial charge is 0.349 e. The summed E-state index contributed by atoms with van der Waals surface area (Å²) in [6, 6.07) is 10.8. The molecule has 1 fully saturated rings. The van der Waals surface area contributed by atoms with Gasteiger partial charge in [-0.2, -0.15) is 4.31 Å². The van der Waals surface area contributed by atoms with Crippen LogP contribution in [0.4, 0.5) is 5.69 Å². The third-order valence-electron chi connectivity index (χ3n) is 6.43. The van der Waals surface area contributed by atoms with Crippen molar-refractivity contribution in [3.05, 3.63) is 48.3 Å². The number of sulfonamides is 1. The maximum atomic E-state index is 13.0. The number of rotatable bonds is 5. The normalized spacial score (nSPS) is 25.2. The molecule has 1 aromatic heterocycles. The van der Waals surface area contributed by atoms with Crippen molar-refractivity contribution in [2.75, 3.05) is 31.5 Å². The van der Waals surface area contributed by atoms with Crippen molar-refractivity contribution in [2.24, 2.45) is 11.8 Å². The van der Waals surface area contributed by atoms with Crippen LogP contribution in [-0.4, -0.2) is 54.3 Å². The number of hydrogen-bond acceptors (Lipinski definition) is 4. The highest BCUT2D eigenvalue weighted by atomic mass is 32.2. The van der Waals surface area contributed by atoms with E-state index in [1.165, 1.54) is 5.69 Å². The number of carbonyl (C=O) groups excluding carboxylic acids is 1. The summed E-state index contributed by atoms with van der Waals surface area (Å²) in [5, 5.41) is 2.90. The molecule has 0 radical (unpaired) electrons. The zero-order valence-corrected chi connectivity index (χ0v) is 19.3. The fourth-order valence-corrected chi connectivity index (χ4v) is 6.57. The van der Waals surface area contributed by atoms with Crippen molar-refractivity contribution in [2.45, 2.75) is 44.7 Å². The van der Waals surface area contributed by atoms with E-state index in [2.05, 4.69) is 47.8 Å². The Morgan fingerprint density at radius 2 is 1.71 bits per heavy atom. The first-order chi connectivity index (χ1) is 14.7. The van der Waals surface area contributed by atoms with Gasteiger partial charge >= 0.3 is 0 Å². The van der Waals surface area contributed by atoms with E-state index in [-0.39, 0.29) is 16.8 Å².